The molecule has 0 aromatic heterocycles. The van der Waals surface area contributed by atoms with Crippen molar-refractivity contribution in [2.45, 2.75) is 46.5 Å². The maximum atomic E-state index is 10.9. The second-order valence-electron chi connectivity index (χ2n) is 3.20. The van der Waals surface area contributed by atoms with Gasteiger partial charge in [0.25, 0.3) is 0 Å². The summed E-state index contributed by atoms with van der Waals surface area (Å²) in [6, 6.07) is 0. The standard InChI is InChI=1S/C10H20O2.Li/c1-4-5-6-7-8-12-10(11)9(2)3;/h11H,4-8H2,1-3H3;/q;+1/p-1. The SMILES string of the molecule is CCCCCCOC([O-])=C(C)C.[Li+]. The molecule has 3 heteroatoms. The van der Waals surface area contributed by atoms with E-state index in [0.29, 0.717) is 6.61 Å². The van der Waals surface area contributed by atoms with Crippen LogP contribution >= 0.6 is 0 Å². The molecule has 0 heterocycles. The van der Waals surface area contributed by atoms with Gasteiger partial charge in [0, 0.05) is 5.95 Å². The second kappa shape index (κ2) is 10.0. The zero-order chi connectivity index (χ0) is 9.40. The van der Waals surface area contributed by atoms with Gasteiger partial charge in [-0.05, 0) is 26.9 Å². The first kappa shape index (κ1) is 15.4. The van der Waals surface area contributed by atoms with Crippen molar-refractivity contribution in [3.05, 3.63) is 11.5 Å². The van der Waals surface area contributed by atoms with Gasteiger partial charge in [-0.3, -0.25) is 0 Å². The molecule has 0 spiro atoms. The number of unbranched alkanes of at least 4 members (excludes halogenated alkanes) is 3. The van der Waals surface area contributed by atoms with E-state index >= 15 is 0 Å². The molecule has 13 heavy (non-hydrogen) atoms. The summed E-state index contributed by atoms with van der Waals surface area (Å²) < 4.78 is 4.97. The van der Waals surface area contributed by atoms with Crippen molar-refractivity contribution in [3.63, 3.8) is 0 Å². The Morgan fingerprint density at radius 2 is 1.77 bits per heavy atom. The van der Waals surface area contributed by atoms with E-state index in [1.165, 1.54) is 12.8 Å². The first-order chi connectivity index (χ1) is 5.68. The Kier molecular flexibility index (Phi) is 11.9. The average Bonchev–Trinajstić information content (AvgIpc) is 2.03. The summed E-state index contributed by atoms with van der Waals surface area (Å²) in [5, 5.41) is 10.9. The molecule has 0 N–H and O–H groups in total. The van der Waals surface area contributed by atoms with Crippen molar-refractivity contribution < 1.29 is 28.7 Å². The van der Waals surface area contributed by atoms with Crippen LogP contribution in [-0.4, -0.2) is 6.61 Å². The molecule has 0 saturated carbocycles. The molecule has 0 radical (unpaired) electrons. The van der Waals surface area contributed by atoms with Gasteiger partial charge in [0.05, 0.1) is 0 Å². The molecule has 0 aliphatic heterocycles. The van der Waals surface area contributed by atoms with Crippen molar-refractivity contribution in [1.29, 1.82) is 0 Å². The normalized spacial score (nSPS) is 8.85. The maximum absolute atomic E-state index is 10.9. The summed E-state index contributed by atoms with van der Waals surface area (Å²) in [5.41, 5.74) is 0.727. The van der Waals surface area contributed by atoms with Crippen molar-refractivity contribution in [3.8, 4) is 0 Å². The van der Waals surface area contributed by atoms with Crippen LogP contribution in [0.1, 0.15) is 46.5 Å². The Hall–Kier alpha value is -0.0626. The summed E-state index contributed by atoms with van der Waals surface area (Å²) in [6.45, 7) is 6.28. The zero-order valence-electron chi connectivity index (χ0n) is 9.35. The van der Waals surface area contributed by atoms with Crippen molar-refractivity contribution in [1.82, 2.24) is 0 Å². The van der Waals surface area contributed by atoms with Gasteiger partial charge in [0.15, 0.2) is 0 Å². The van der Waals surface area contributed by atoms with Crippen molar-refractivity contribution in [2.75, 3.05) is 6.61 Å². The van der Waals surface area contributed by atoms with Crippen LogP contribution in [0.3, 0.4) is 0 Å². The van der Waals surface area contributed by atoms with Crippen LogP contribution in [-0.2, 0) is 4.74 Å². The molecule has 0 fully saturated rings. The Labute approximate surface area is 93.5 Å². The summed E-state index contributed by atoms with van der Waals surface area (Å²) in [7, 11) is 0. The van der Waals surface area contributed by atoms with E-state index in [4.69, 9.17) is 4.74 Å². The first-order valence-corrected chi connectivity index (χ1v) is 4.65. The molecular weight excluding hydrogens is 159 g/mol. The largest absolute Gasteiger partial charge is 1.00 e. The second-order valence-corrected chi connectivity index (χ2v) is 3.20. The Balaban J connectivity index is 0. The minimum absolute atomic E-state index is 0. The van der Waals surface area contributed by atoms with Crippen LogP contribution in [0, 0.1) is 0 Å². The van der Waals surface area contributed by atoms with Gasteiger partial charge in [0.1, 0.15) is 0 Å². The number of hydrogen-bond donors (Lipinski definition) is 0. The third-order valence-corrected chi connectivity index (χ3v) is 1.64. The molecule has 0 aromatic carbocycles. The molecule has 0 aliphatic rings. The molecule has 0 aromatic rings. The average molecular weight is 178 g/mol. The monoisotopic (exact) mass is 178 g/mol. The Morgan fingerprint density at radius 1 is 1.15 bits per heavy atom. The van der Waals surface area contributed by atoms with E-state index in [1.54, 1.807) is 13.8 Å². The van der Waals surface area contributed by atoms with Gasteiger partial charge in [-0.25, -0.2) is 0 Å². The number of hydrogen-bond acceptors (Lipinski definition) is 2. The molecule has 72 valence electrons. The fourth-order valence-electron chi connectivity index (χ4n) is 0.838. The van der Waals surface area contributed by atoms with E-state index in [2.05, 4.69) is 6.92 Å². The van der Waals surface area contributed by atoms with Crippen LogP contribution in [0.15, 0.2) is 11.5 Å². The van der Waals surface area contributed by atoms with Crippen LogP contribution in [0.2, 0.25) is 0 Å². The van der Waals surface area contributed by atoms with Gasteiger partial charge in [0.2, 0.25) is 0 Å². The summed E-state index contributed by atoms with van der Waals surface area (Å²) >= 11 is 0. The van der Waals surface area contributed by atoms with Crippen LogP contribution < -0.4 is 24.0 Å². The molecule has 0 aliphatic carbocycles. The molecule has 0 bridgehead atoms. The number of rotatable bonds is 6. The van der Waals surface area contributed by atoms with Gasteiger partial charge in [-0.2, -0.15) is 0 Å². The smallest absolute Gasteiger partial charge is 0.613 e. The van der Waals surface area contributed by atoms with Crippen LogP contribution in [0.25, 0.3) is 0 Å². The first-order valence-electron chi connectivity index (χ1n) is 4.65. The Morgan fingerprint density at radius 3 is 2.23 bits per heavy atom. The fraction of sp³-hybridized carbons (Fsp3) is 0.800. The molecule has 0 rings (SSSR count). The van der Waals surface area contributed by atoms with Gasteiger partial charge in [-0.15, -0.1) is 0 Å². The van der Waals surface area contributed by atoms with Crippen LogP contribution in [0.4, 0.5) is 0 Å². The summed E-state index contributed by atoms with van der Waals surface area (Å²) in [6.07, 6.45) is 4.60. The van der Waals surface area contributed by atoms with Crippen LogP contribution in [0.5, 0.6) is 0 Å². The number of allylic oxidation sites excluding steroid dienone is 1. The quantitative estimate of drug-likeness (QED) is 0.303. The molecule has 0 atom stereocenters. The van der Waals surface area contributed by atoms with Gasteiger partial charge in [-0.1, -0.05) is 31.8 Å². The summed E-state index contributed by atoms with van der Waals surface area (Å²) in [5.74, 6) is -0.161. The Bertz CT molecular complexity index is 140. The minimum Gasteiger partial charge on any atom is -0.613 e. The predicted molar refractivity (Wildman–Crippen MR) is 48.5 cm³/mol. The van der Waals surface area contributed by atoms with E-state index in [9.17, 15) is 5.11 Å². The topological polar surface area (TPSA) is 32.3 Å². The third-order valence-electron chi connectivity index (χ3n) is 1.64. The molecule has 0 amide bonds. The molecule has 0 unspecified atom stereocenters. The van der Waals surface area contributed by atoms with E-state index in [1.807, 2.05) is 0 Å². The van der Waals surface area contributed by atoms with Gasteiger partial charge >= 0.3 is 18.9 Å². The summed E-state index contributed by atoms with van der Waals surface area (Å²) in [4.78, 5) is 0. The van der Waals surface area contributed by atoms with E-state index in [-0.39, 0.29) is 24.8 Å². The van der Waals surface area contributed by atoms with E-state index < -0.39 is 0 Å². The van der Waals surface area contributed by atoms with Crippen molar-refractivity contribution >= 4 is 0 Å². The predicted octanol–water partition coefficient (Wildman–Crippen LogP) is -0.801. The molecule has 0 saturated heterocycles. The zero-order valence-corrected chi connectivity index (χ0v) is 9.35. The number of ether oxygens (including phenoxy) is 1. The van der Waals surface area contributed by atoms with Gasteiger partial charge < -0.3 is 9.84 Å². The fourth-order valence-corrected chi connectivity index (χ4v) is 0.838. The minimum atomic E-state index is -0.161. The van der Waals surface area contributed by atoms with E-state index in [0.717, 1.165) is 18.4 Å². The maximum Gasteiger partial charge on any atom is 1.00 e. The molecule has 2 nitrogen and oxygen atoms in total. The van der Waals surface area contributed by atoms with Crippen molar-refractivity contribution in [2.24, 2.45) is 0 Å². The third kappa shape index (κ3) is 9.85. The molecular formula is C10H19LiO2.